The summed E-state index contributed by atoms with van der Waals surface area (Å²) in [5.74, 6) is -2.39. The molecule has 2 aromatic rings. The highest BCUT2D eigenvalue weighted by Gasteiger charge is 2.36. The second-order valence-electron chi connectivity index (χ2n) is 6.47. The monoisotopic (exact) mass is 404 g/mol. The van der Waals surface area contributed by atoms with Crippen LogP contribution in [0.25, 0.3) is 5.69 Å². The van der Waals surface area contributed by atoms with E-state index >= 15 is 0 Å². The number of amides is 2. The maximum Gasteiger partial charge on any atom is 0.356 e. The molecule has 1 N–H and O–H groups in total. The van der Waals surface area contributed by atoms with Crippen molar-refractivity contribution in [2.75, 3.05) is 19.7 Å². The standard InChI is InChI=1S/C19H21FN4O5/c1-2-23(20)18(26)15-9-6-10-22(15)16(25)12-29-17-11-14(19(27)28)21-24(17)13-7-4-3-5-8-13/h3-5,7-8,11,15H,2,6,9-10,12H2,1H3,(H,27,28). The summed E-state index contributed by atoms with van der Waals surface area (Å²) < 4.78 is 20.5. The third-order valence-corrected chi connectivity index (χ3v) is 4.62. The maximum absolute atomic E-state index is 13.6. The van der Waals surface area contributed by atoms with Crippen LogP contribution in [0.3, 0.4) is 0 Å². The molecule has 0 bridgehead atoms. The fourth-order valence-electron chi connectivity index (χ4n) is 3.18. The van der Waals surface area contributed by atoms with E-state index in [1.54, 1.807) is 30.3 Å². The molecule has 9 nitrogen and oxygen atoms in total. The minimum atomic E-state index is -1.23. The number of hydrogen-bond acceptors (Lipinski definition) is 5. The van der Waals surface area contributed by atoms with Gasteiger partial charge in [-0.05, 0) is 31.9 Å². The van der Waals surface area contributed by atoms with Gasteiger partial charge in [0.15, 0.2) is 12.3 Å². The summed E-state index contributed by atoms with van der Waals surface area (Å²) in [5.41, 5.74) is 0.328. The fourth-order valence-corrected chi connectivity index (χ4v) is 3.18. The number of rotatable bonds is 7. The van der Waals surface area contributed by atoms with E-state index in [1.165, 1.54) is 22.6 Å². The van der Waals surface area contributed by atoms with Gasteiger partial charge in [0.1, 0.15) is 6.04 Å². The number of nitrogens with zero attached hydrogens (tertiary/aromatic N) is 4. The minimum absolute atomic E-state index is 0.0738. The Morgan fingerprint density at radius 3 is 2.69 bits per heavy atom. The Morgan fingerprint density at radius 2 is 2.03 bits per heavy atom. The van der Waals surface area contributed by atoms with Gasteiger partial charge in [-0.1, -0.05) is 22.7 Å². The molecule has 1 aliphatic rings. The normalized spacial score (nSPS) is 15.9. The van der Waals surface area contributed by atoms with Crippen molar-refractivity contribution in [3.05, 3.63) is 42.1 Å². The zero-order valence-corrected chi connectivity index (χ0v) is 15.8. The number of ether oxygens (including phenoxy) is 1. The average molecular weight is 404 g/mol. The van der Waals surface area contributed by atoms with Gasteiger partial charge in [-0.2, -0.15) is 10.2 Å². The zero-order valence-electron chi connectivity index (χ0n) is 15.8. The van der Waals surface area contributed by atoms with Crippen molar-refractivity contribution >= 4 is 17.8 Å². The fraction of sp³-hybridized carbons (Fsp3) is 0.368. The summed E-state index contributed by atoms with van der Waals surface area (Å²) in [6.07, 6.45) is 0.973. The Labute approximate surface area is 166 Å². The minimum Gasteiger partial charge on any atom is -0.476 e. The van der Waals surface area contributed by atoms with Crippen molar-refractivity contribution < 1.29 is 28.7 Å². The number of para-hydroxylation sites is 1. The third kappa shape index (κ3) is 4.36. The van der Waals surface area contributed by atoms with Gasteiger partial charge in [0, 0.05) is 12.6 Å². The number of carbonyl (C=O) groups is 3. The summed E-state index contributed by atoms with van der Waals surface area (Å²) in [4.78, 5) is 37.3. The molecule has 0 radical (unpaired) electrons. The molecule has 1 aromatic carbocycles. The summed E-state index contributed by atoms with van der Waals surface area (Å²) in [6, 6.07) is 9.09. The van der Waals surface area contributed by atoms with Crippen LogP contribution in [-0.2, 0) is 9.59 Å². The topological polar surface area (TPSA) is 105 Å². The number of carboxylic acid groups (broad SMARTS) is 1. The highest BCUT2D eigenvalue weighted by molar-refractivity contribution is 5.88. The third-order valence-electron chi connectivity index (χ3n) is 4.62. The number of hydrogen-bond donors (Lipinski definition) is 1. The second kappa shape index (κ2) is 8.72. The number of likely N-dealkylation sites (N-methyl/N-ethyl adjacent to an activating group) is 1. The van der Waals surface area contributed by atoms with Gasteiger partial charge in [-0.15, -0.1) is 0 Å². The molecule has 0 aliphatic carbocycles. The van der Waals surface area contributed by atoms with E-state index in [0.29, 0.717) is 25.1 Å². The largest absolute Gasteiger partial charge is 0.476 e. The van der Waals surface area contributed by atoms with E-state index in [4.69, 9.17) is 4.74 Å². The Kier molecular flexibility index (Phi) is 6.10. The summed E-state index contributed by atoms with van der Waals surface area (Å²) in [6.45, 7) is 1.31. The van der Waals surface area contributed by atoms with Crippen molar-refractivity contribution in [3.63, 3.8) is 0 Å². The molecule has 10 heteroatoms. The van der Waals surface area contributed by atoms with Crippen LogP contribution >= 0.6 is 0 Å². The van der Waals surface area contributed by atoms with Gasteiger partial charge in [0.2, 0.25) is 5.88 Å². The summed E-state index contributed by atoms with van der Waals surface area (Å²) >= 11 is 0. The lowest BCUT2D eigenvalue weighted by Gasteiger charge is -2.25. The number of halogens is 1. The molecule has 154 valence electrons. The molecule has 2 heterocycles. The lowest BCUT2D eigenvalue weighted by atomic mass is 10.2. The number of aromatic nitrogens is 2. The van der Waals surface area contributed by atoms with Gasteiger partial charge in [0.05, 0.1) is 12.2 Å². The first-order valence-corrected chi connectivity index (χ1v) is 9.20. The lowest BCUT2D eigenvalue weighted by molar-refractivity contribution is -0.155. The Morgan fingerprint density at radius 1 is 1.31 bits per heavy atom. The molecular formula is C19H21FN4O5. The maximum atomic E-state index is 13.6. The molecule has 1 fully saturated rings. The quantitative estimate of drug-likeness (QED) is 0.704. The van der Waals surface area contributed by atoms with Gasteiger partial charge >= 0.3 is 5.97 Å². The Bertz CT molecular complexity index is 901. The number of benzene rings is 1. The van der Waals surface area contributed by atoms with E-state index in [9.17, 15) is 24.0 Å². The van der Waals surface area contributed by atoms with Gasteiger partial charge in [0.25, 0.3) is 11.8 Å². The SMILES string of the molecule is CCN(F)C(=O)C1CCCN1C(=O)COc1cc(C(=O)O)nn1-c1ccccc1. The van der Waals surface area contributed by atoms with Crippen molar-refractivity contribution in [2.45, 2.75) is 25.8 Å². The summed E-state index contributed by atoms with van der Waals surface area (Å²) in [7, 11) is 0. The predicted octanol–water partition coefficient (Wildman–Crippen LogP) is 1.67. The molecule has 1 aliphatic heterocycles. The van der Waals surface area contributed by atoms with Crippen molar-refractivity contribution in [3.8, 4) is 11.6 Å². The van der Waals surface area contributed by atoms with Gasteiger partial charge in [-0.3, -0.25) is 9.59 Å². The molecule has 0 saturated carbocycles. The molecule has 2 amide bonds. The number of likely N-dealkylation sites (tertiary alicyclic amines) is 1. The van der Waals surface area contributed by atoms with E-state index in [2.05, 4.69) is 5.10 Å². The van der Waals surface area contributed by atoms with Crippen molar-refractivity contribution in [2.24, 2.45) is 0 Å². The van der Waals surface area contributed by atoms with Crippen LogP contribution in [0, 0.1) is 0 Å². The van der Waals surface area contributed by atoms with Crippen LogP contribution in [0.5, 0.6) is 5.88 Å². The van der Waals surface area contributed by atoms with Crippen LogP contribution in [0.2, 0.25) is 0 Å². The van der Waals surface area contributed by atoms with E-state index in [0.717, 1.165) is 0 Å². The van der Waals surface area contributed by atoms with Gasteiger partial charge < -0.3 is 14.7 Å². The Hall–Kier alpha value is -3.43. The molecule has 1 saturated heterocycles. The number of aromatic carboxylic acids is 1. The molecule has 3 rings (SSSR count). The van der Waals surface area contributed by atoms with E-state index in [-0.39, 0.29) is 23.2 Å². The first-order chi connectivity index (χ1) is 13.9. The highest BCUT2D eigenvalue weighted by atomic mass is 19.2. The summed E-state index contributed by atoms with van der Waals surface area (Å²) in [5, 5.41) is 13.3. The Balaban J connectivity index is 1.75. The van der Waals surface area contributed by atoms with Gasteiger partial charge in [-0.25, -0.2) is 9.48 Å². The average Bonchev–Trinajstić information content (AvgIpc) is 3.39. The van der Waals surface area contributed by atoms with Crippen molar-refractivity contribution in [1.82, 2.24) is 19.8 Å². The second-order valence-corrected chi connectivity index (χ2v) is 6.47. The van der Waals surface area contributed by atoms with E-state index < -0.39 is 30.4 Å². The molecular weight excluding hydrogens is 383 g/mol. The van der Waals surface area contributed by atoms with E-state index in [1.807, 2.05) is 0 Å². The molecule has 1 atom stereocenters. The zero-order chi connectivity index (χ0) is 21.0. The van der Waals surface area contributed by atoms with Crippen LogP contribution in [0.15, 0.2) is 36.4 Å². The lowest BCUT2D eigenvalue weighted by Crippen LogP contribution is -2.46. The molecule has 1 aromatic heterocycles. The molecule has 1 unspecified atom stereocenters. The first kappa shape index (κ1) is 20.3. The van der Waals surface area contributed by atoms with Crippen LogP contribution < -0.4 is 4.74 Å². The first-order valence-electron chi connectivity index (χ1n) is 9.20. The number of carboxylic acids is 1. The molecule has 0 spiro atoms. The van der Waals surface area contributed by atoms with Crippen molar-refractivity contribution in [1.29, 1.82) is 0 Å². The smallest absolute Gasteiger partial charge is 0.356 e. The van der Waals surface area contributed by atoms with Crippen LogP contribution in [0.4, 0.5) is 4.48 Å². The number of carbonyl (C=O) groups excluding carboxylic acids is 2. The predicted molar refractivity (Wildman–Crippen MR) is 99.2 cm³/mol. The highest BCUT2D eigenvalue weighted by Crippen LogP contribution is 2.22. The van der Waals surface area contributed by atoms with Crippen LogP contribution in [-0.4, -0.2) is 68.4 Å². The van der Waals surface area contributed by atoms with Crippen LogP contribution in [0.1, 0.15) is 30.3 Å². The molecule has 29 heavy (non-hydrogen) atoms.